The zero-order valence-corrected chi connectivity index (χ0v) is 18.5. The molecule has 0 saturated heterocycles. The summed E-state index contributed by atoms with van der Waals surface area (Å²) in [5.41, 5.74) is 13.3. The maximum absolute atomic E-state index is 13.2. The number of halogens is 3. The molecule has 0 bridgehead atoms. The molecule has 1 aromatic heterocycles. The smallest absolute Gasteiger partial charge is 0.364 e. The van der Waals surface area contributed by atoms with Crippen molar-refractivity contribution in [1.82, 2.24) is 9.97 Å². The van der Waals surface area contributed by atoms with Crippen molar-refractivity contribution < 1.29 is 22.8 Å². The summed E-state index contributed by atoms with van der Waals surface area (Å²) in [4.78, 5) is 33.5. The monoisotopic (exact) mass is 484 g/mol. The SMILES string of the molecule is NC[C@@H](C=O)Nc1cc(C(N)=O)nc(N2CCc3c(cccc3-c3cccc(C(F)(F)F)c3)C2)n1. The molecule has 8 nitrogen and oxygen atoms in total. The predicted molar refractivity (Wildman–Crippen MR) is 125 cm³/mol. The normalized spacial score (nSPS) is 14.2. The summed E-state index contributed by atoms with van der Waals surface area (Å²) in [6.45, 7) is 0.862. The van der Waals surface area contributed by atoms with Crippen LogP contribution in [-0.2, 0) is 23.9 Å². The van der Waals surface area contributed by atoms with Crippen molar-refractivity contribution in [2.75, 3.05) is 23.3 Å². The van der Waals surface area contributed by atoms with Gasteiger partial charge in [-0.1, -0.05) is 30.3 Å². The Balaban J connectivity index is 1.66. The summed E-state index contributed by atoms with van der Waals surface area (Å²) < 4.78 is 39.7. The fraction of sp³-hybridized carbons (Fsp3) is 0.250. The van der Waals surface area contributed by atoms with E-state index < -0.39 is 23.7 Å². The van der Waals surface area contributed by atoms with Gasteiger partial charge in [0.25, 0.3) is 5.91 Å². The Kier molecular flexibility index (Phi) is 6.70. The molecule has 1 aliphatic heterocycles. The minimum absolute atomic E-state index is 0.0253. The average Bonchev–Trinajstić information content (AvgIpc) is 2.86. The molecule has 2 heterocycles. The Hall–Kier alpha value is -3.99. The van der Waals surface area contributed by atoms with Crippen molar-refractivity contribution in [2.24, 2.45) is 11.5 Å². The highest BCUT2D eigenvalue weighted by Gasteiger charge is 2.31. The number of carbonyl (C=O) groups is 2. The first-order valence-electron chi connectivity index (χ1n) is 10.8. The lowest BCUT2D eigenvalue weighted by molar-refractivity contribution is -0.137. The lowest BCUT2D eigenvalue weighted by atomic mass is 9.90. The number of fused-ring (bicyclic) bond motifs is 1. The molecular weight excluding hydrogens is 461 g/mol. The Morgan fingerprint density at radius 2 is 1.94 bits per heavy atom. The second kappa shape index (κ2) is 9.71. The van der Waals surface area contributed by atoms with Gasteiger partial charge in [0.2, 0.25) is 5.95 Å². The number of amides is 1. The summed E-state index contributed by atoms with van der Waals surface area (Å²) >= 11 is 0. The zero-order valence-electron chi connectivity index (χ0n) is 18.5. The van der Waals surface area contributed by atoms with Gasteiger partial charge in [-0.25, -0.2) is 4.98 Å². The van der Waals surface area contributed by atoms with Crippen LogP contribution in [0.15, 0.2) is 48.5 Å². The molecule has 1 atom stereocenters. The van der Waals surface area contributed by atoms with Crippen molar-refractivity contribution in [3.8, 4) is 11.1 Å². The van der Waals surface area contributed by atoms with Crippen LogP contribution in [0.4, 0.5) is 24.9 Å². The Morgan fingerprint density at radius 3 is 2.63 bits per heavy atom. The molecule has 0 fully saturated rings. The first-order chi connectivity index (χ1) is 16.7. The highest BCUT2D eigenvalue weighted by molar-refractivity contribution is 5.92. The molecule has 5 N–H and O–H groups in total. The minimum Gasteiger partial charge on any atom is -0.364 e. The first-order valence-corrected chi connectivity index (χ1v) is 10.8. The van der Waals surface area contributed by atoms with Crippen molar-refractivity contribution in [2.45, 2.75) is 25.2 Å². The van der Waals surface area contributed by atoms with Gasteiger partial charge in [-0.2, -0.15) is 18.2 Å². The number of aromatic nitrogens is 2. The van der Waals surface area contributed by atoms with E-state index in [0.29, 0.717) is 31.4 Å². The van der Waals surface area contributed by atoms with Gasteiger partial charge < -0.3 is 26.5 Å². The molecule has 0 radical (unpaired) electrons. The standard InChI is InChI=1S/C24H23F3N6O2/c25-24(26,27)16-5-1-3-14(9-16)18-6-2-4-15-12-33(8-7-19(15)18)23-31-20(22(29)35)10-21(32-23)30-17(11-28)13-34/h1-6,9-10,13,17H,7-8,11-12,28H2,(H2,29,35)(H,30,31,32)/t17-/m0/s1. The summed E-state index contributed by atoms with van der Waals surface area (Å²) in [5, 5.41) is 2.85. The topological polar surface area (TPSA) is 127 Å². The van der Waals surface area contributed by atoms with Gasteiger partial charge in [-0.05, 0) is 40.8 Å². The molecule has 1 aliphatic rings. The number of nitrogens with one attached hydrogen (secondary N) is 1. The minimum atomic E-state index is -4.43. The molecule has 11 heteroatoms. The number of nitrogens with two attached hydrogens (primary N) is 2. The molecule has 182 valence electrons. The van der Waals surface area contributed by atoms with E-state index in [2.05, 4.69) is 15.3 Å². The maximum atomic E-state index is 13.2. The van der Waals surface area contributed by atoms with Crippen LogP contribution in [0.3, 0.4) is 0 Å². The zero-order chi connectivity index (χ0) is 25.2. The number of anilines is 2. The summed E-state index contributed by atoms with van der Waals surface area (Å²) in [6, 6.07) is 11.4. The van der Waals surface area contributed by atoms with Crippen LogP contribution in [-0.4, -0.2) is 41.3 Å². The third kappa shape index (κ3) is 5.24. The van der Waals surface area contributed by atoms with E-state index in [1.54, 1.807) is 12.1 Å². The molecule has 4 rings (SSSR count). The number of nitrogens with zero attached hydrogens (tertiary/aromatic N) is 3. The molecule has 2 aromatic carbocycles. The number of rotatable bonds is 7. The van der Waals surface area contributed by atoms with Crippen LogP contribution in [0.2, 0.25) is 0 Å². The Morgan fingerprint density at radius 1 is 1.17 bits per heavy atom. The molecule has 0 spiro atoms. The highest BCUT2D eigenvalue weighted by Crippen LogP contribution is 2.35. The third-order valence-electron chi connectivity index (χ3n) is 5.77. The average molecular weight is 484 g/mol. The molecule has 0 aliphatic carbocycles. The van der Waals surface area contributed by atoms with Crippen molar-refractivity contribution in [3.05, 3.63) is 70.9 Å². The number of primary amides is 1. The first kappa shape index (κ1) is 24.1. The van der Waals surface area contributed by atoms with E-state index in [0.717, 1.165) is 28.8 Å². The summed E-state index contributed by atoms with van der Waals surface area (Å²) in [6.07, 6.45) is -3.27. The number of benzene rings is 2. The quantitative estimate of drug-likeness (QED) is 0.440. The molecule has 1 amide bonds. The number of alkyl halides is 3. The van der Waals surface area contributed by atoms with Gasteiger partial charge in [-0.3, -0.25) is 4.79 Å². The summed E-state index contributed by atoms with van der Waals surface area (Å²) in [7, 11) is 0. The lowest BCUT2D eigenvalue weighted by Gasteiger charge is -2.31. The molecule has 0 saturated carbocycles. The second-order valence-corrected chi connectivity index (χ2v) is 8.12. The number of hydrogen-bond acceptors (Lipinski definition) is 7. The Bertz CT molecular complexity index is 1260. The fourth-order valence-corrected chi connectivity index (χ4v) is 4.03. The van der Waals surface area contributed by atoms with E-state index in [1.165, 1.54) is 12.1 Å². The maximum Gasteiger partial charge on any atom is 0.416 e. The second-order valence-electron chi connectivity index (χ2n) is 8.12. The fourth-order valence-electron chi connectivity index (χ4n) is 4.03. The summed E-state index contributed by atoms with van der Waals surface area (Å²) in [5.74, 6) is -0.285. The molecule has 3 aromatic rings. The lowest BCUT2D eigenvalue weighted by Crippen LogP contribution is -2.34. The van der Waals surface area contributed by atoms with Gasteiger partial charge in [-0.15, -0.1) is 0 Å². The van der Waals surface area contributed by atoms with Gasteiger partial charge in [0.15, 0.2) is 0 Å². The van der Waals surface area contributed by atoms with Gasteiger partial charge in [0.05, 0.1) is 11.6 Å². The third-order valence-corrected chi connectivity index (χ3v) is 5.77. The molecule has 0 unspecified atom stereocenters. The van der Waals surface area contributed by atoms with Crippen molar-refractivity contribution in [3.63, 3.8) is 0 Å². The van der Waals surface area contributed by atoms with E-state index >= 15 is 0 Å². The van der Waals surface area contributed by atoms with Crippen LogP contribution < -0.4 is 21.7 Å². The number of carbonyl (C=O) groups excluding carboxylic acids is 2. The van der Waals surface area contributed by atoms with Crippen molar-refractivity contribution in [1.29, 1.82) is 0 Å². The highest BCUT2D eigenvalue weighted by atomic mass is 19.4. The van der Waals surface area contributed by atoms with E-state index in [-0.39, 0.29) is 24.0 Å². The van der Waals surface area contributed by atoms with Crippen LogP contribution >= 0.6 is 0 Å². The largest absolute Gasteiger partial charge is 0.416 e. The van der Waals surface area contributed by atoms with Crippen LogP contribution in [0.5, 0.6) is 0 Å². The van der Waals surface area contributed by atoms with E-state index in [1.807, 2.05) is 17.0 Å². The predicted octanol–water partition coefficient (Wildman–Crippen LogP) is 2.76. The van der Waals surface area contributed by atoms with Gasteiger partial charge >= 0.3 is 6.18 Å². The van der Waals surface area contributed by atoms with Crippen LogP contribution in [0, 0.1) is 0 Å². The van der Waals surface area contributed by atoms with E-state index in [4.69, 9.17) is 11.5 Å². The van der Waals surface area contributed by atoms with Crippen molar-refractivity contribution >= 4 is 24.0 Å². The Labute approximate surface area is 199 Å². The van der Waals surface area contributed by atoms with Crippen LogP contribution in [0.1, 0.15) is 27.2 Å². The number of hydrogen-bond donors (Lipinski definition) is 3. The van der Waals surface area contributed by atoms with Crippen LogP contribution in [0.25, 0.3) is 11.1 Å². The molecular formula is C24H23F3N6O2. The van der Waals surface area contributed by atoms with Gasteiger partial charge in [0, 0.05) is 25.7 Å². The molecule has 35 heavy (non-hydrogen) atoms. The van der Waals surface area contributed by atoms with Gasteiger partial charge in [0.1, 0.15) is 17.8 Å². The van der Waals surface area contributed by atoms with E-state index in [9.17, 15) is 22.8 Å². The number of aldehydes is 1.